The molecule has 90 valence electrons. The van der Waals surface area contributed by atoms with Gasteiger partial charge in [-0.1, -0.05) is 0 Å². The van der Waals surface area contributed by atoms with Crippen molar-refractivity contribution in [1.82, 2.24) is 4.90 Å². The van der Waals surface area contributed by atoms with Crippen LogP contribution in [0.15, 0.2) is 4.99 Å². The Balaban J connectivity index is 2.34. The number of isocyanates is 1. The molecule has 16 heavy (non-hydrogen) atoms. The third-order valence-corrected chi connectivity index (χ3v) is 5.84. The normalized spacial score (nSPS) is 45.7. The van der Waals surface area contributed by atoms with Crippen LogP contribution in [0, 0.1) is 0 Å². The van der Waals surface area contributed by atoms with Gasteiger partial charge in [0, 0.05) is 17.9 Å². The highest BCUT2D eigenvalue weighted by Crippen LogP contribution is 2.58. The molecule has 0 bridgehead atoms. The summed E-state index contributed by atoms with van der Waals surface area (Å²) in [5, 5.41) is 0.138. The number of rotatable bonds is 2. The summed E-state index contributed by atoms with van der Waals surface area (Å²) in [6.45, 7) is 8.71. The van der Waals surface area contributed by atoms with E-state index >= 15 is 0 Å². The summed E-state index contributed by atoms with van der Waals surface area (Å²) in [5.41, 5.74) is -0.700. The van der Waals surface area contributed by atoms with Crippen molar-refractivity contribution in [3.05, 3.63) is 0 Å². The lowest BCUT2D eigenvalue weighted by Crippen LogP contribution is -2.73. The monoisotopic (exact) mass is 242 g/mol. The number of carbonyl (C=O) groups excluding carboxylic acids is 1. The highest BCUT2D eigenvalue weighted by atomic mass is 32.2. The highest BCUT2D eigenvalue weighted by molar-refractivity contribution is 8.01. The summed E-state index contributed by atoms with van der Waals surface area (Å²) in [6.07, 6.45) is 1.66. The summed E-state index contributed by atoms with van der Waals surface area (Å²) in [4.78, 5) is 16.8. The average Bonchev–Trinajstić information content (AvgIpc) is 2.45. The Kier molecular flexibility index (Phi) is 2.70. The molecule has 0 N–H and O–H groups in total. The number of nitrogens with zero attached hydrogens (tertiary/aromatic N) is 2. The van der Waals surface area contributed by atoms with Crippen molar-refractivity contribution in [3.63, 3.8) is 0 Å². The fraction of sp³-hybridized carbons (Fsp3) is 0.909. The Labute approximate surface area is 100 Å². The minimum atomic E-state index is -0.700. The highest BCUT2D eigenvalue weighted by Gasteiger charge is 2.68. The van der Waals surface area contributed by atoms with Crippen molar-refractivity contribution < 1.29 is 9.53 Å². The van der Waals surface area contributed by atoms with E-state index < -0.39 is 5.72 Å². The Hall–Kier alpha value is -0.350. The van der Waals surface area contributed by atoms with Crippen LogP contribution in [0.4, 0.5) is 0 Å². The fourth-order valence-corrected chi connectivity index (χ4v) is 4.62. The Bertz CT molecular complexity index is 354. The van der Waals surface area contributed by atoms with Crippen LogP contribution in [0.2, 0.25) is 0 Å². The smallest absolute Gasteiger partial charge is 0.238 e. The second-order valence-electron chi connectivity index (χ2n) is 5.03. The maximum Gasteiger partial charge on any atom is 0.238 e. The molecule has 4 nitrogen and oxygen atoms in total. The molecule has 0 spiro atoms. The van der Waals surface area contributed by atoms with E-state index in [2.05, 4.69) is 37.6 Å². The van der Waals surface area contributed by atoms with E-state index in [1.54, 1.807) is 13.2 Å². The molecule has 0 aromatic rings. The van der Waals surface area contributed by atoms with Gasteiger partial charge in [0.2, 0.25) is 11.8 Å². The molecular formula is C11H18N2O2S. The molecular weight excluding hydrogens is 224 g/mol. The molecule has 0 saturated carbocycles. The van der Waals surface area contributed by atoms with Crippen LogP contribution in [0.25, 0.3) is 0 Å². The molecule has 2 saturated heterocycles. The predicted molar refractivity (Wildman–Crippen MR) is 64.1 cm³/mol. The lowest BCUT2D eigenvalue weighted by Gasteiger charge is -2.56. The van der Waals surface area contributed by atoms with Gasteiger partial charge in [-0.2, -0.15) is 4.99 Å². The Morgan fingerprint density at radius 2 is 2.00 bits per heavy atom. The molecule has 3 unspecified atom stereocenters. The van der Waals surface area contributed by atoms with E-state index in [1.165, 1.54) is 0 Å². The van der Waals surface area contributed by atoms with Crippen LogP contribution in [0.1, 0.15) is 27.7 Å². The van der Waals surface area contributed by atoms with Gasteiger partial charge in [0.1, 0.15) is 5.37 Å². The van der Waals surface area contributed by atoms with E-state index in [0.29, 0.717) is 6.04 Å². The number of thioether (sulfide) groups is 1. The van der Waals surface area contributed by atoms with Crippen molar-refractivity contribution >= 4 is 17.8 Å². The summed E-state index contributed by atoms with van der Waals surface area (Å²) in [5.74, 6) is 0. The van der Waals surface area contributed by atoms with Crippen LogP contribution in [0.3, 0.4) is 0 Å². The zero-order valence-electron chi connectivity index (χ0n) is 10.4. The Morgan fingerprint density at radius 1 is 1.38 bits per heavy atom. The zero-order valence-corrected chi connectivity index (χ0v) is 11.2. The maximum atomic E-state index is 10.5. The number of hydrogen-bond acceptors (Lipinski definition) is 5. The van der Waals surface area contributed by atoms with Crippen molar-refractivity contribution in [3.8, 4) is 0 Å². The third-order valence-electron chi connectivity index (χ3n) is 4.09. The van der Waals surface area contributed by atoms with Crippen molar-refractivity contribution in [1.29, 1.82) is 0 Å². The lowest BCUT2D eigenvalue weighted by molar-refractivity contribution is -0.183. The van der Waals surface area contributed by atoms with Crippen LogP contribution in [0.5, 0.6) is 0 Å². The molecule has 4 atom stereocenters. The second-order valence-corrected chi connectivity index (χ2v) is 6.77. The first-order valence-electron chi connectivity index (χ1n) is 5.50. The quantitative estimate of drug-likeness (QED) is 0.545. The van der Waals surface area contributed by atoms with Crippen LogP contribution < -0.4 is 0 Å². The summed E-state index contributed by atoms with van der Waals surface area (Å²) in [6, 6.07) is 0.593. The lowest BCUT2D eigenvalue weighted by atomic mass is 9.88. The standard InChI is InChI=1S/C11H18N2O2S/c1-7-10(3,4)16-9-11(15-5,12-6-14)8(2)13(7)9/h7-9H,1-5H3/t7?,8?,9?,11-/m0/s1. The predicted octanol–water partition coefficient (Wildman–Crippen LogP) is 1.61. The SMILES string of the molecule is CO[C@@]1(N=C=O)C(C)N2C(C)C(C)(C)SC21. The number of hydrogen-bond donors (Lipinski definition) is 0. The average molecular weight is 242 g/mol. The molecule has 0 aromatic carbocycles. The van der Waals surface area contributed by atoms with Gasteiger partial charge in [-0.05, 0) is 27.7 Å². The van der Waals surface area contributed by atoms with Crippen LogP contribution in [-0.4, -0.2) is 46.0 Å². The zero-order chi connectivity index (χ0) is 12.1. The third kappa shape index (κ3) is 1.26. The summed E-state index contributed by atoms with van der Waals surface area (Å²) >= 11 is 1.83. The van der Waals surface area contributed by atoms with Gasteiger partial charge in [-0.15, -0.1) is 11.8 Å². The minimum Gasteiger partial charge on any atom is -0.353 e. The number of fused-ring (bicyclic) bond motifs is 1. The van der Waals surface area contributed by atoms with Crippen LogP contribution in [-0.2, 0) is 9.53 Å². The van der Waals surface area contributed by atoms with E-state index in [4.69, 9.17) is 4.74 Å². The van der Waals surface area contributed by atoms with E-state index in [0.717, 1.165) is 0 Å². The van der Waals surface area contributed by atoms with E-state index in [-0.39, 0.29) is 16.2 Å². The molecule has 2 rings (SSSR count). The first-order valence-corrected chi connectivity index (χ1v) is 6.38. The Morgan fingerprint density at radius 3 is 2.50 bits per heavy atom. The van der Waals surface area contributed by atoms with Gasteiger partial charge in [0.25, 0.3) is 0 Å². The molecule has 2 heterocycles. The molecule has 2 aliphatic heterocycles. The first kappa shape index (κ1) is 12.1. The number of aliphatic imine (C=N–C) groups is 1. The molecule has 2 fully saturated rings. The van der Waals surface area contributed by atoms with Crippen molar-refractivity contribution in [2.75, 3.05) is 7.11 Å². The minimum absolute atomic E-state index is 0.133. The fourth-order valence-electron chi connectivity index (χ4n) is 2.72. The van der Waals surface area contributed by atoms with E-state index in [9.17, 15) is 4.79 Å². The van der Waals surface area contributed by atoms with Gasteiger partial charge in [0.15, 0.2) is 0 Å². The summed E-state index contributed by atoms with van der Waals surface area (Å²) < 4.78 is 5.65. The van der Waals surface area contributed by atoms with Gasteiger partial charge in [-0.25, -0.2) is 4.79 Å². The topological polar surface area (TPSA) is 41.9 Å². The molecule has 0 aromatic heterocycles. The molecule has 0 radical (unpaired) electrons. The molecule has 2 aliphatic rings. The van der Waals surface area contributed by atoms with Crippen LogP contribution >= 0.6 is 11.8 Å². The molecule has 0 aliphatic carbocycles. The number of methoxy groups -OCH3 is 1. The molecule has 0 amide bonds. The van der Waals surface area contributed by atoms with Gasteiger partial charge in [0.05, 0.1) is 6.04 Å². The first-order chi connectivity index (χ1) is 7.40. The summed E-state index contributed by atoms with van der Waals surface area (Å²) in [7, 11) is 1.62. The van der Waals surface area contributed by atoms with Gasteiger partial charge in [-0.3, -0.25) is 4.90 Å². The molecule has 5 heteroatoms. The maximum absolute atomic E-state index is 10.5. The largest absolute Gasteiger partial charge is 0.353 e. The van der Waals surface area contributed by atoms with E-state index in [1.807, 2.05) is 11.8 Å². The van der Waals surface area contributed by atoms with Crippen molar-refractivity contribution in [2.45, 2.75) is 55.6 Å². The number of ether oxygens (including phenoxy) is 1. The van der Waals surface area contributed by atoms with Crippen molar-refractivity contribution in [2.24, 2.45) is 4.99 Å². The second kappa shape index (κ2) is 3.57. The van der Waals surface area contributed by atoms with Gasteiger partial charge >= 0.3 is 0 Å². The van der Waals surface area contributed by atoms with Gasteiger partial charge < -0.3 is 4.74 Å².